The van der Waals surface area contributed by atoms with Crippen LogP contribution in [-0.2, 0) is 11.8 Å². The lowest BCUT2D eigenvalue weighted by Gasteiger charge is -2.32. The second-order valence-corrected chi connectivity index (χ2v) is 6.26. The van der Waals surface area contributed by atoms with Crippen LogP contribution < -0.4 is 4.90 Å². The highest BCUT2D eigenvalue weighted by Crippen LogP contribution is 2.25. The van der Waals surface area contributed by atoms with Crippen LogP contribution in [0.1, 0.15) is 28.1 Å². The Hall–Kier alpha value is -2.41. The van der Waals surface area contributed by atoms with Gasteiger partial charge in [-0.1, -0.05) is 0 Å². The minimum absolute atomic E-state index is 0.0729. The van der Waals surface area contributed by atoms with Gasteiger partial charge in [0.05, 0.1) is 18.8 Å². The summed E-state index contributed by atoms with van der Waals surface area (Å²) in [5, 5.41) is 0. The predicted octanol–water partition coefficient (Wildman–Crippen LogP) is 1.40. The van der Waals surface area contributed by atoms with Gasteiger partial charge in [0, 0.05) is 51.5 Å². The Kier molecular flexibility index (Phi) is 4.53. The van der Waals surface area contributed by atoms with Gasteiger partial charge in [-0.2, -0.15) is 0 Å². The lowest BCUT2D eigenvalue weighted by atomic mass is 10.1. The zero-order valence-electron chi connectivity index (χ0n) is 14.6. The molecule has 1 aliphatic heterocycles. The number of aryl methyl sites for hydroxylation is 2. The maximum atomic E-state index is 12.7. The molecule has 1 atom stereocenters. The number of aromatic nitrogens is 3. The molecule has 1 aliphatic rings. The average Bonchev–Trinajstić information content (AvgIpc) is 2.99. The number of amides is 1. The minimum Gasteiger partial charge on any atom is -0.378 e. The first-order valence-electron chi connectivity index (χ1n) is 8.00. The van der Waals surface area contributed by atoms with Gasteiger partial charge in [-0.05, 0) is 19.1 Å². The number of hydrogen-bond acceptors (Lipinski definition) is 5. The van der Waals surface area contributed by atoms with E-state index in [4.69, 9.17) is 4.74 Å². The predicted molar refractivity (Wildman–Crippen MR) is 91.1 cm³/mol. The Balaban J connectivity index is 1.81. The number of morpholine rings is 1. The minimum atomic E-state index is -0.221. The standard InChI is InChI=1S/C17H23N5O2/c1-12-9-13(20(2)3)10-14(19-12)15-11-22(7-8-24-15)17(23)16-18-5-6-21(16)4/h5-6,9-10,15H,7-8,11H2,1-4H3/t15-/m1/s1. The number of rotatable bonds is 3. The molecule has 0 saturated carbocycles. The van der Waals surface area contributed by atoms with E-state index in [0.717, 1.165) is 17.1 Å². The van der Waals surface area contributed by atoms with E-state index in [0.29, 0.717) is 25.5 Å². The summed E-state index contributed by atoms with van der Waals surface area (Å²) < 4.78 is 7.62. The molecular formula is C17H23N5O2. The SMILES string of the molecule is Cc1cc(N(C)C)cc([C@H]2CN(C(=O)c3nccn3C)CCO2)n1. The van der Waals surface area contributed by atoms with Crippen LogP contribution in [0.2, 0.25) is 0 Å². The average molecular weight is 329 g/mol. The number of ether oxygens (including phenoxy) is 1. The van der Waals surface area contributed by atoms with E-state index in [1.165, 1.54) is 0 Å². The number of carbonyl (C=O) groups is 1. The Bertz CT molecular complexity index is 740. The van der Waals surface area contributed by atoms with Crippen molar-refractivity contribution in [2.75, 3.05) is 38.7 Å². The van der Waals surface area contributed by atoms with Crippen molar-refractivity contribution >= 4 is 11.6 Å². The first-order chi connectivity index (χ1) is 11.5. The van der Waals surface area contributed by atoms with E-state index in [1.807, 2.05) is 45.1 Å². The summed E-state index contributed by atoms with van der Waals surface area (Å²) in [6, 6.07) is 4.05. The zero-order valence-corrected chi connectivity index (χ0v) is 14.6. The molecule has 0 bridgehead atoms. The molecule has 1 fully saturated rings. The normalized spacial score (nSPS) is 17.8. The molecule has 3 rings (SSSR count). The van der Waals surface area contributed by atoms with Gasteiger partial charge >= 0.3 is 0 Å². The molecule has 7 heteroatoms. The number of anilines is 1. The van der Waals surface area contributed by atoms with Gasteiger partial charge in [-0.3, -0.25) is 9.78 Å². The maximum Gasteiger partial charge on any atom is 0.290 e. The summed E-state index contributed by atoms with van der Waals surface area (Å²) in [5.74, 6) is 0.373. The van der Waals surface area contributed by atoms with Crippen LogP contribution in [0.3, 0.4) is 0 Å². The Morgan fingerprint density at radius 3 is 2.83 bits per heavy atom. The van der Waals surface area contributed by atoms with Crippen LogP contribution in [0.15, 0.2) is 24.5 Å². The molecule has 128 valence electrons. The van der Waals surface area contributed by atoms with Crippen LogP contribution in [0.25, 0.3) is 0 Å². The number of hydrogen-bond donors (Lipinski definition) is 0. The van der Waals surface area contributed by atoms with E-state index in [1.54, 1.807) is 21.9 Å². The van der Waals surface area contributed by atoms with E-state index in [-0.39, 0.29) is 12.0 Å². The number of nitrogens with zero attached hydrogens (tertiary/aromatic N) is 5. The van der Waals surface area contributed by atoms with Gasteiger partial charge < -0.3 is 19.1 Å². The highest BCUT2D eigenvalue weighted by Gasteiger charge is 2.29. The Morgan fingerprint density at radius 1 is 1.38 bits per heavy atom. The fourth-order valence-electron chi connectivity index (χ4n) is 2.82. The van der Waals surface area contributed by atoms with Crippen LogP contribution in [0, 0.1) is 6.92 Å². The molecule has 0 unspecified atom stereocenters. The molecule has 0 aromatic carbocycles. The van der Waals surface area contributed by atoms with Crippen molar-refractivity contribution in [2.45, 2.75) is 13.0 Å². The van der Waals surface area contributed by atoms with Crippen LogP contribution in [0.5, 0.6) is 0 Å². The maximum absolute atomic E-state index is 12.7. The zero-order chi connectivity index (χ0) is 17.3. The highest BCUT2D eigenvalue weighted by molar-refractivity contribution is 5.90. The molecule has 2 aromatic heterocycles. The van der Waals surface area contributed by atoms with Gasteiger partial charge in [0.2, 0.25) is 0 Å². The second kappa shape index (κ2) is 6.60. The van der Waals surface area contributed by atoms with Gasteiger partial charge in [0.25, 0.3) is 5.91 Å². The summed E-state index contributed by atoms with van der Waals surface area (Å²) in [7, 11) is 5.82. The first-order valence-corrected chi connectivity index (χ1v) is 8.00. The molecule has 0 radical (unpaired) electrons. The van der Waals surface area contributed by atoms with Gasteiger partial charge in [0.1, 0.15) is 6.10 Å². The van der Waals surface area contributed by atoms with Crippen LogP contribution in [0.4, 0.5) is 5.69 Å². The Labute approximate surface area is 141 Å². The molecule has 0 N–H and O–H groups in total. The fourth-order valence-corrected chi connectivity index (χ4v) is 2.82. The van der Waals surface area contributed by atoms with E-state index < -0.39 is 0 Å². The monoisotopic (exact) mass is 329 g/mol. The van der Waals surface area contributed by atoms with Crippen molar-refractivity contribution < 1.29 is 9.53 Å². The summed E-state index contributed by atoms with van der Waals surface area (Å²) in [4.78, 5) is 25.2. The van der Waals surface area contributed by atoms with Crippen molar-refractivity contribution in [1.82, 2.24) is 19.4 Å². The summed E-state index contributed by atoms with van der Waals surface area (Å²) in [6.07, 6.45) is 3.19. The summed E-state index contributed by atoms with van der Waals surface area (Å²) in [5.41, 5.74) is 2.87. The first kappa shape index (κ1) is 16.4. The van der Waals surface area contributed by atoms with Crippen molar-refractivity contribution in [3.63, 3.8) is 0 Å². The molecular weight excluding hydrogens is 306 g/mol. The van der Waals surface area contributed by atoms with E-state index in [9.17, 15) is 4.79 Å². The molecule has 0 aliphatic carbocycles. The highest BCUT2D eigenvalue weighted by atomic mass is 16.5. The Morgan fingerprint density at radius 2 is 2.17 bits per heavy atom. The van der Waals surface area contributed by atoms with Crippen LogP contribution >= 0.6 is 0 Å². The second-order valence-electron chi connectivity index (χ2n) is 6.26. The smallest absolute Gasteiger partial charge is 0.290 e. The third kappa shape index (κ3) is 3.26. The van der Waals surface area contributed by atoms with Gasteiger partial charge in [0.15, 0.2) is 5.82 Å². The third-order valence-corrected chi connectivity index (χ3v) is 4.17. The molecule has 7 nitrogen and oxygen atoms in total. The number of carbonyl (C=O) groups excluding carboxylic acids is 1. The molecule has 1 amide bonds. The lowest BCUT2D eigenvalue weighted by Crippen LogP contribution is -2.43. The number of pyridine rings is 1. The largest absolute Gasteiger partial charge is 0.378 e. The molecule has 1 saturated heterocycles. The van der Waals surface area contributed by atoms with Crippen molar-refractivity contribution in [2.24, 2.45) is 7.05 Å². The molecule has 2 aromatic rings. The van der Waals surface area contributed by atoms with Crippen molar-refractivity contribution in [3.8, 4) is 0 Å². The quantitative estimate of drug-likeness (QED) is 0.852. The lowest BCUT2D eigenvalue weighted by molar-refractivity contribution is -0.0252. The van der Waals surface area contributed by atoms with Crippen LogP contribution in [-0.4, -0.2) is 59.1 Å². The fraction of sp³-hybridized carbons (Fsp3) is 0.471. The number of imidazole rings is 1. The third-order valence-electron chi connectivity index (χ3n) is 4.17. The molecule has 24 heavy (non-hydrogen) atoms. The summed E-state index contributed by atoms with van der Waals surface area (Å²) in [6.45, 7) is 3.51. The van der Waals surface area contributed by atoms with E-state index >= 15 is 0 Å². The van der Waals surface area contributed by atoms with Crippen molar-refractivity contribution in [1.29, 1.82) is 0 Å². The summed E-state index contributed by atoms with van der Waals surface area (Å²) >= 11 is 0. The topological polar surface area (TPSA) is 63.5 Å². The van der Waals surface area contributed by atoms with Gasteiger partial charge in [-0.25, -0.2) is 4.98 Å². The molecule has 3 heterocycles. The van der Waals surface area contributed by atoms with Gasteiger partial charge in [-0.15, -0.1) is 0 Å². The molecule has 0 spiro atoms. The van der Waals surface area contributed by atoms with E-state index in [2.05, 4.69) is 9.97 Å². The van der Waals surface area contributed by atoms with Crippen molar-refractivity contribution in [3.05, 3.63) is 41.7 Å².